The van der Waals surface area contributed by atoms with E-state index in [9.17, 15) is 0 Å². The Morgan fingerprint density at radius 1 is 1.45 bits per heavy atom. The van der Waals surface area contributed by atoms with Crippen LogP contribution in [0.25, 0.3) is 0 Å². The molecule has 1 saturated heterocycles. The second-order valence-electron chi connectivity index (χ2n) is 3.44. The van der Waals surface area contributed by atoms with Crippen LogP contribution in [-0.2, 0) is 9.47 Å². The van der Waals surface area contributed by atoms with Crippen molar-refractivity contribution >= 4 is 0 Å². The minimum absolute atomic E-state index is 0.223. The zero-order chi connectivity index (χ0) is 7.73. The number of rotatable bonds is 0. The van der Waals surface area contributed by atoms with Gasteiger partial charge in [0.15, 0.2) is 0 Å². The van der Waals surface area contributed by atoms with Gasteiger partial charge in [-0.05, 0) is 25.3 Å². The van der Waals surface area contributed by atoms with Gasteiger partial charge in [0.1, 0.15) is 0 Å². The number of ether oxygens (including phenoxy) is 2. The van der Waals surface area contributed by atoms with Gasteiger partial charge in [-0.3, -0.25) is 0 Å². The molecule has 0 aromatic carbocycles. The van der Waals surface area contributed by atoms with Crippen molar-refractivity contribution in [3.8, 4) is 0 Å². The first-order valence-corrected chi connectivity index (χ1v) is 4.28. The van der Waals surface area contributed by atoms with Crippen LogP contribution in [0.15, 0.2) is 11.8 Å². The zero-order valence-corrected chi connectivity index (χ0v) is 6.93. The molecule has 2 heterocycles. The van der Waals surface area contributed by atoms with Gasteiger partial charge >= 0.3 is 0 Å². The van der Waals surface area contributed by atoms with Crippen molar-refractivity contribution in [2.75, 3.05) is 6.61 Å². The Kier molecular flexibility index (Phi) is 1.64. The zero-order valence-electron chi connectivity index (χ0n) is 6.93. The predicted molar refractivity (Wildman–Crippen MR) is 42.0 cm³/mol. The lowest BCUT2D eigenvalue weighted by Gasteiger charge is -2.31. The molecule has 2 aliphatic heterocycles. The lowest BCUT2D eigenvalue weighted by atomic mass is 10.0. The summed E-state index contributed by atoms with van der Waals surface area (Å²) < 4.78 is 11.1. The molecule has 0 bridgehead atoms. The average Bonchev–Trinajstić information content (AvgIpc) is 2.45. The first-order valence-electron chi connectivity index (χ1n) is 4.28. The van der Waals surface area contributed by atoms with Gasteiger partial charge in [0.2, 0.25) is 5.79 Å². The Balaban J connectivity index is 2.06. The fraction of sp³-hybridized carbons (Fsp3) is 0.778. The Morgan fingerprint density at radius 3 is 2.91 bits per heavy atom. The molecule has 0 aliphatic carbocycles. The summed E-state index contributed by atoms with van der Waals surface area (Å²) >= 11 is 0. The molecule has 0 radical (unpaired) electrons. The number of allylic oxidation sites excluding steroid dienone is 1. The van der Waals surface area contributed by atoms with Crippen LogP contribution >= 0.6 is 0 Å². The Labute approximate surface area is 67.2 Å². The highest BCUT2D eigenvalue weighted by atomic mass is 16.7. The summed E-state index contributed by atoms with van der Waals surface area (Å²) in [7, 11) is 0. The summed E-state index contributed by atoms with van der Waals surface area (Å²) in [6, 6.07) is 0. The molecule has 2 aliphatic rings. The Hall–Kier alpha value is -0.500. The van der Waals surface area contributed by atoms with E-state index in [0.717, 1.165) is 32.3 Å². The van der Waals surface area contributed by atoms with Gasteiger partial charge in [-0.15, -0.1) is 0 Å². The normalized spacial score (nSPS) is 37.0. The topological polar surface area (TPSA) is 18.5 Å². The van der Waals surface area contributed by atoms with E-state index < -0.39 is 0 Å². The SMILES string of the molecule is CC1=COC2(CCCO2)CC1. The summed E-state index contributed by atoms with van der Waals surface area (Å²) in [5, 5.41) is 0. The molecule has 1 fully saturated rings. The molecule has 2 rings (SSSR count). The van der Waals surface area contributed by atoms with Crippen LogP contribution in [0.5, 0.6) is 0 Å². The minimum Gasteiger partial charge on any atom is -0.470 e. The van der Waals surface area contributed by atoms with Crippen LogP contribution in [0.1, 0.15) is 32.6 Å². The molecule has 0 aromatic heterocycles. The largest absolute Gasteiger partial charge is 0.470 e. The van der Waals surface area contributed by atoms with E-state index in [2.05, 4.69) is 6.92 Å². The van der Waals surface area contributed by atoms with Crippen molar-refractivity contribution < 1.29 is 9.47 Å². The molecule has 1 spiro atoms. The molecule has 0 aromatic rings. The Bertz CT molecular complexity index is 178. The van der Waals surface area contributed by atoms with E-state index in [4.69, 9.17) is 9.47 Å². The van der Waals surface area contributed by atoms with Gasteiger partial charge in [0.25, 0.3) is 0 Å². The second-order valence-corrected chi connectivity index (χ2v) is 3.44. The van der Waals surface area contributed by atoms with E-state index in [1.54, 1.807) is 0 Å². The van der Waals surface area contributed by atoms with Gasteiger partial charge in [-0.25, -0.2) is 0 Å². The summed E-state index contributed by atoms with van der Waals surface area (Å²) in [4.78, 5) is 0. The molecule has 62 valence electrons. The molecule has 2 nitrogen and oxygen atoms in total. The van der Waals surface area contributed by atoms with Gasteiger partial charge in [-0.2, -0.15) is 0 Å². The van der Waals surface area contributed by atoms with Crippen LogP contribution in [0.3, 0.4) is 0 Å². The monoisotopic (exact) mass is 154 g/mol. The smallest absolute Gasteiger partial charge is 0.210 e. The van der Waals surface area contributed by atoms with E-state index >= 15 is 0 Å². The van der Waals surface area contributed by atoms with Crippen molar-refractivity contribution in [2.24, 2.45) is 0 Å². The quantitative estimate of drug-likeness (QED) is 0.532. The van der Waals surface area contributed by atoms with Crippen LogP contribution < -0.4 is 0 Å². The molecule has 0 amide bonds. The highest BCUT2D eigenvalue weighted by Gasteiger charge is 2.37. The summed E-state index contributed by atoms with van der Waals surface area (Å²) in [5.74, 6) is -0.223. The molecular weight excluding hydrogens is 140 g/mol. The molecule has 1 unspecified atom stereocenters. The van der Waals surface area contributed by atoms with Crippen molar-refractivity contribution in [2.45, 2.75) is 38.4 Å². The van der Waals surface area contributed by atoms with Crippen LogP contribution in [0.2, 0.25) is 0 Å². The van der Waals surface area contributed by atoms with Crippen LogP contribution in [-0.4, -0.2) is 12.4 Å². The maximum Gasteiger partial charge on any atom is 0.210 e. The van der Waals surface area contributed by atoms with Gasteiger partial charge in [-0.1, -0.05) is 0 Å². The third kappa shape index (κ3) is 1.27. The van der Waals surface area contributed by atoms with Crippen molar-refractivity contribution in [3.63, 3.8) is 0 Å². The third-order valence-corrected chi connectivity index (χ3v) is 2.44. The van der Waals surface area contributed by atoms with Gasteiger partial charge in [0, 0.05) is 12.8 Å². The minimum atomic E-state index is -0.223. The maximum atomic E-state index is 5.56. The lowest BCUT2D eigenvalue weighted by molar-refractivity contribution is -0.186. The molecule has 11 heavy (non-hydrogen) atoms. The fourth-order valence-electron chi connectivity index (χ4n) is 1.68. The first-order chi connectivity index (χ1) is 5.31. The third-order valence-electron chi connectivity index (χ3n) is 2.44. The van der Waals surface area contributed by atoms with Crippen molar-refractivity contribution in [1.29, 1.82) is 0 Å². The maximum absolute atomic E-state index is 5.56. The highest BCUT2D eigenvalue weighted by molar-refractivity contribution is 5.00. The molecule has 1 atom stereocenters. The van der Waals surface area contributed by atoms with Crippen LogP contribution in [0.4, 0.5) is 0 Å². The van der Waals surface area contributed by atoms with E-state index in [1.807, 2.05) is 6.26 Å². The number of hydrogen-bond acceptors (Lipinski definition) is 2. The molecule has 0 N–H and O–H groups in total. The Morgan fingerprint density at radius 2 is 2.36 bits per heavy atom. The molecule has 0 saturated carbocycles. The predicted octanol–water partition coefficient (Wildman–Crippen LogP) is 2.21. The average molecular weight is 154 g/mol. The standard InChI is InChI=1S/C9H14O2/c1-8-3-5-9(11-7-8)4-2-6-10-9/h7H,2-6H2,1H3. The van der Waals surface area contributed by atoms with E-state index in [1.165, 1.54) is 5.57 Å². The lowest BCUT2D eigenvalue weighted by Crippen LogP contribution is -2.31. The van der Waals surface area contributed by atoms with Crippen LogP contribution in [0, 0.1) is 0 Å². The van der Waals surface area contributed by atoms with Gasteiger partial charge in [0.05, 0.1) is 12.9 Å². The first kappa shape index (κ1) is 7.17. The summed E-state index contributed by atoms with van der Waals surface area (Å²) in [6.07, 6.45) is 6.23. The summed E-state index contributed by atoms with van der Waals surface area (Å²) in [6.45, 7) is 2.97. The van der Waals surface area contributed by atoms with E-state index in [0.29, 0.717) is 0 Å². The van der Waals surface area contributed by atoms with Crippen molar-refractivity contribution in [1.82, 2.24) is 0 Å². The number of hydrogen-bond donors (Lipinski definition) is 0. The second kappa shape index (κ2) is 2.52. The van der Waals surface area contributed by atoms with E-state index in [-0.39, 0.29) is 5.79 Å². The fourth-order valence-corrected chi connectivity index (χ4v) is 1.68. The molecular formula is C9H14O2. The molecule has 2 heteroatoms. The summed E-state index contributed by atoms with van der Waals surface area (Å²) in [5.41, 5.74) is 1.33. The van der Waals surface area contributed by atoms with Gasteiger partial charge < -0.3 is 9.47 Å². The van der Waals surface area contributed by atoms with Crippen molar-refractivity contribution in [3.05, 3.63) is 11.8 Å². The highest BCUT2D eigenvalue weighted by Crippen LogP contribution is 2.36.